The van der Waals surface area contributed by atoms with Crippen LogP contribution in [0.1, 0.15) is 13.8 Å². The van der Waals surface area contributed by atoms with Crippen molar-refractivity contribution in [1.29, 1.82) is 0 Å². The van der Waals surface area contributed by atoms with Gasteiger partial charge >= 0.3 is 74.2 Å². The van der Waals surface area contributed by atoms with Crippen LogP contribution in [0.25, 0.3) is 0 Å². The van der Waals surface area contributed by atoms with Crippen molar-refractivity contribution in [1.82, 2.24) is 0 Å². The van der Waals surface area contributed by atoms with Gasteiger partial charge in [0.15, 0.2) is 0 Å². The van der Waals surface area contributed by atoms with Crippen LogP contribution in [0.15, 0.2) is 17.8 Å². The Morgan fingerprint density at radius 2 is 1.40 bits per heavy atom. The summed E-state index contributed by atoms with van der Waals surface area (Å²) < 4.78 is 9.10. The first-order valence-electron chi connectivity index (χ1n) is 3.05. The van der Waals surface area contributed by atoms with Crippen molar-refractivity contribution >= 4 is 38.6 Å². The second kappa shape index (κ2) is 3.18. The molecule has 0 fully saturated rings. The van der Waals surface area contributed by atoms with Gasteiger partial charge < -0.3 is 0 Å². The van der Waals surface area contributed by atoms with Crippen molar-refractivity contribution in [3.63, 3.8) is 0 Å². The minimum absolute atomic E-state index is 1.23. The van der Waals surface area contributed by atoms with Crippen LogP contribution in [-0.4, -0.2) is 0 Å². The van der Waals surface area contributed by atoms with Gasteiger partial charge in [-0.05, 0) is 0 Å². The van der Waals surface area contributed by atoms with Crippen LogP contribution >= 0.6 is 38.6 Å². The first-order valence-corrected chi connectivity index (χ1v) is 7.87. The van der Waals surface area contributed by atoms with Crippen molar-refractivity contribution in [2.45, 2.75) is 13.8 Å². The summed E-state index contributed by atoms with van der Waals surface area (Å²) in [6.45, 7) is 4.38. The van der Waals surface area contributed by atoms with E-state index in [1.54, 1.807) is 0 Å². The van der Waals surface area contributed by atoms with E-state index < -0.39 is 20.1 Å². The Hall–Kier alpha value is 1.03. The fraction of sp³-hybridized carbons (Fsp3) is 0.333. The Morgan fingerprint density at radius 3 is 1.50 bits per heavy atom. The molecule has 0 aromatic rings. The van der Waals surface area contributed by atoms with E-state index in [0.29, 0.717) is 0 Å². The van der Waals surface area contributed by atoms with Crippen LogP contribution in [0.2, 0.25) is 0 Å². The van der Waals surface area contributed by atoms with Gasteiger partial charge in [0.05, 0.1) is 0 Å². The third-order valence-electron chi connectivity index (χ3n) is 1.87. The van der Waals surface area contributed by atoms with Gasteiger partial charge in [-0.25, -0.2) is 0 Å². The van der Waals surface area contributed by atoms with Crippen molar-refractivity contribution in [2.24, 2.45) is 3.95 Å². The van der Waals surface area contributed by atoms with E-state index in [-0.39, 0.29) is 0 Å². The van der Waals surface area contributed by atoms with Crippen LogP contribution in [0, 0.1) is 0 Å². The molecule has 2 unspecified atom stereocenters. The van der Waals surface area contributed by atoms with Crippen LogP contribution < -0.4 is 3.95 Å². The van der Waals surface area contributed by atoms with Crippen LogP contribution in [0.5, 0.6) is 0 Å². The van der Waals surface area contributed by atoms with Gasteiger partial charge in [0.1, 0.15) is 0 Å². The molecule has 4 heteroatoms. The van der Waals surface area contributed by atoms with Crippen LogP contribution in [-0.2, 0) is 0 Å². The molecule has 1 aliphatic heterocycles. The van der Waals surface area contributed by atoms with Crippen molar-refractivity contribution in [3.8, 4) is 0 Å². The van der Waals surface area contributed by atoms with Crippen LogP contribution in [0.4, 0.5) is 0 Å². The second-order valence-electron chi connectivity index (χ2n) is 2.37. The van der Waals surface area contributed by atoms with Crippen molar-refractivity contribution in [3.05, 3.63) is 17.8 Å². The summed E-state index contributed by atoms with van der Waals surface area (Å²) in [4.78, 5) is 0. The van der Waals surface area contributed by atoms with Crippen molar-refractivity contribution < 1.29 is 0 Å². The number of halogens is 1. The number of hydrogen-bond acceptors (Lipinski definition) is 1. The molecule has 1 aliphatic rings. The molecule has 0 saturated heterocycles. The van der Waals surface area contributed by atoms with E-state index >= 15 is 0 Å². The zero-order valence-electron chi connectivity index (χ0n) is 6.37. The molecule has 1 rings (SSSR count). The third kappa shape index (κ3) is 1.32. The summed E-state index contributed by atoms with van der Waals surface area (Å²) >= 11 is -1.23. The molecule has 2 N–H and O–H groups in total. The molecule has 0 amide bonds. The Labute approximate surface area is 74.0 Å². The maximum atomic E-state index is 6.06. The van der Waals surface area contributed by atoms with E-state index in [1.165, 1.54) is 17.8 Å². The molecule has 0 aliphatic carbocycles. The molecule has 0 saturated carbocycles. The van der Waals surface area contributed by atoms with E-state index in [0.717, 1.165) is 0 Å². The van der Waals surface area contributed by atoms with Gasteiger partial charge in [-0.2, -0.15) is 0 Å². The Balaban J connectivity index is 3.09. The normalized spacial score (nSPS) is 23.7. The third-order valence-corrected chi connectivity index (χ3v) is 11.2. The summed E-state index contributed by atoms with van der Waals surface area (Å²) in [5.74, 6) is 0. The topological polar surface area (TPSA) is 26.0 Å². The average molecular weight is 289 g/mol. The van der Waals surface area contributed by atoms with Crippen LogP contribution in [0.3, 0.4) is 0 Å². The summed E-state index contributed by atoms with van der Waals surface area (Å²) in [7, 11) is 3.97. The summed E-state index contributed by atoms with van der Waals surface area (Å²) in [6, 6.07) is 0. The minimum atomic E-state index is -1.23. The number of rotatable bonds is 0. The van der Waals surface area contributed by atoms with Gasteiger partial charge in [-0.3, -0.25) is 0 Å². The number of nitrogens with two attached hydrogens (primary N) is 1. The SMILES string of the molecule is CC1=C([PH3+])I(N)C([PH3+])=C1C. The molecular formula is C6H14INP2+2. The fourth-order valence-corrected chi connectivity index (χ4v) is 8.15. The Morgan fingerprint density at radius 1 is 1.10 bits per heavy atom. The second-order valence-corrected chi connectivity index (χ2v) is 11.1. The zero-order valence-corrected chi connectivity index (χ0v) is 11.4. The molecule has 1 heterocycles. The molecule has 0 aromatic carbocycles. The number of hydrogen-bond donors (Lipinski definition) is 1. The fourth-order valence-electron chi connectivity index (χ4n) is 0.850. The van der Waals surface area contributed by atoms with E-state index in [2.05, 4.69) is 13.8 Å². The molecule has 58 valence electrons. The van der Waals surface area contributed by atoms with E-state index in [4.69, 9.17) is 3.95 Å². The molecular weight excluding hydrogens is 275 g/mol. The first-order chi connectivity index (χ1) is 4.55. The summed E-state index contributed by atoms with van der Waals surface area (Å²) in [6.07, 6.45) is 0. The number of allylic oxidation sites excluding steroid dienone is 2. The van der Waals surface area contributed by atoms with Gasteiger partial charge in [0.25, 0.3) is 0 Å². The van der Waals surface area contributed by atoms with Gasteiger partial charge in [-0.15, -0.1) is 0 Å². The maximum absolute atomic E-state index is 6.06. The van der Waals surface area contributed by atoms with E-state index in [1.807, 2.05) is 18.5 Å². The first kappa shape index (κ1) is 9.12. The summed E-state index contributed by atoms with van der Waals surface area (Å²) in [5.41, 5.74) is 2.94. The molecule has 2 atom stereocenters. The van der Waals surface area contributed by atoms with Crippen molar-refractivity contribution in [2.75, 3.05) is 0 Å². The van der Waals surface area contributed by atoms with Gasteiger partial charge in [0.2, 0.25) is 0 Å². The average Bonchev–Trinajstić information content (AvgIpc) is 2.07. The molecule has 0 spiro atoms. The molecule has 0 bridgehead atoms. The monoisotopic (exact) mass is 289 g/mol. The standard InChI is InChI=1S/C6H12INP2/c1-3-4(2)6(10)7(8)5(3)9/h8-10H2,1-2H3/p+2. The predicted octanol–water partition coefficient (Wildman–Crippen LogP) is 2.06. The predicted molar refractivity (Wildman–Crippen MR) is 65.8 cm³/mol. The Kier molecular flexibility index (Phi) is 2.90. The molecule has 0 radical (unpaired) electrons. The van der Waals surface area contributed by atoms with Gasteiger partial charge in [0, 0.05) is 0 Å². The molecule has 10 heavy (non-hydrogen) atoms. The quantitative estimate of drug-likeness (QED) is 0.412. The Bertz CT molecular complexity index is 208. The molecule has 0 aromatic heterocycles. The zero-order chi connectivity index (χ0) is 7.89. The van der Waals surface area contributed by atoms with Gasteiger partial charge in [-0.1, -0.05) is 0 Å². The van der Waals surface area contributed by atoms with E-state index in [9.17, 15) is 0 Å². The molecule has 1 nitrogen and oxygen atoms in total. The summed E-state index contributed by atoms with van der Waals surface area (Å²) in [5, 5.41) is 0.